The predicted molar refractivity (Wildman–Crippen MR) is 110 cm³/mol. The number of amides is 1. The van der Waals surface area contributed by atoms with Gasteiger partial charge in [0.2, 0.25) is 0 Å². The van der Waals surface area contributed by atoms with Gasteiger partial charge in [0.15, 0.2) is 0 Å². The van der Waals surface area contributed by atoms with Crippen molar-refractivity contribution in [1.82, 2.24) is 10.3 Å². The predicted octanol–water partition coefficient (Wildman–Crippen LogP) is 3.82. The monoisotopic (exact) mass is 420 g/mol. The molecule has 0 fully saturated rings. The van der Waals surface area contributed by atoms with E-state index in [1.54, 1.807) is 37.4 Å². The maximum Gasteiger partial charge on any atom is 0.252 e. The molecule has 2 N–H and O–H groups in total. The second-order valence-corrected chi connectivity index (χ2v) is 6.86. The summed E-state index contributed by atoms with van der Waals surface area (Å²) in [6, 6.07) is 9.91. The van der Waals surface area contributed by atoms with Gasteiger partial charge in [0, 0.05) is 22.5 Å². The van der Waals surface area contributed by atoms with E-state index in [0.717, 1.165) is 5.39 Å². The summed E-state index contributed by atoms with van der Waals surface area (Å²) in [5.74, 6) is 0.801. The minimum atomic E-state index is -0.357. The fourth-order valence-electron chi connectivity index (χ4n) is 2.90. The molecular formula is C20H18Cl2N2O4. The average molecular weight is 421 g/mol. The van der Waals surface area contributed by atoms with Crippen LogP contribution in [0.1, 0.15) is 15.9 Å². The summed E-state index contributed by atoms with van der Waals surface area (Å²) in [4.78, 5) is 27.6. The van der Waals surface area contributed by atoms with E-state index in [-0.39, 0.29) is 23.6 Å². The molecule has 3 rings (SSSR count). The highest BCUT2D eigenvalue weighted by Gasteiger charge is 2.13. The van der Waals surface area contributed by atoms with Crippen molar-refractivity contribution in [1.29, 1.82) is 0 Å². The molecular weight excluding hydrogens is 403 g/mol. The molecule has 0 saturated carbocycles. The molecule has 1 amide bonds. The minimum Gasteiger partial charge on any atom is -0.496 e. The zero-order chi connectivity index (χ0) is 20.3. The summed E-state index contributed by atoms with van der Waals surface area (Å²) in [5.41, 5.74) is 1.10. The Morgan fingerprint density at radius 3 is 2.50 bits per heavy atom. The van der Waals surface area contributed by atoms with Gasteiger partial charge in [0.1, 0.15) is 11.5 Å². The van der Waals surface area contributed by atoms with Crippen LogP contribution in [-0.4, -0.2) is 31.7 Å². The number of nitrogens with one attached hydrogen (secondary N) is 2. The summed E-state index contributed by atoms with van der Waals surface area (Å²) >= 11 is 12.0. The lowest BCUT2D eigenvalue weighted by molar-refractivity contribution is 0.0954. The van der Waals surface area contributed by atoms with Gasteiger partial charge in [0.05, 0.1) is 30.3 Å². The van der Waals surface area contributed by atoms with Gasteiger partial charge in [0.25, 0.3) is 11.5 Å². The van der Waals surface area contributed by atoms with Crippen molar-refractivity contribution in [2.24, 2.45) is 0 Å². The van der Waals surface area contributed by atoms with Crippen molar-refractivity contribution in [3.05, 3.63) is 67.9 Å². The van der Waals surface area contributed by atoms with Gasteiger partial charge >= 0.3 is 0 Å². The molecule has 0 aliphatic carbocycles. The van der Waals surface area contributed by atoms with Crippen molar-refractivity contribution in [2.75, 3.05) is 20.8 Å². The third-order valence-electron chi connectivity index (χ3n) is 4.31. The molecule has 0 aliphatic heterocycles. The molecule has 6 nitrogen and oxygen atoms in total. The summed E-state index contributed by atoms with van der Waals surface area (Å²) in [6.45, 7) is 0.253. The highest BCUT2D eigenvalue weighted by atomic mass is 35.5. The summed E-state index contributed by atoms with van der Waals surface area (Å²) < 4.78 is 10.7. The van der Waals surface area contributed by atoms with Gasteiger partial charge in [-0.25, -0.2) is 0 Å². The number of carbonyl (C=O) groups excluding carboxylic acids is 1. The van der Waals surface area contributed by atoms with Crippen molar-refractivity contribution in [3.8, 4) is 11.5 Å². The standard InChI is InChI=1S/C20H18Cl2N2O4/c1-27-16-5-6-17(28-2)18-14(16)9-11(19(25)24-18)7-8-23-20(26)13-10-12(21)3-4-15(13)22/h3-6,9-10H,7-8H2,1-2H3,(H,23,26)(H,24,25). The topological polar surface area (TPSA) is 80.4 Å². The van der Waals surface area contributed by atoms with Crippen molar-refractivity contribution in [2.45, 2.75) is 6.42 Å². The van der Waals surface area contributed by atoms with Crippen LogP contribution in [0.15, 0.2) is 41.2 Å². The van der Waals surface area contributed by atoms with Gasteiger partial charge in [-0.3, -0.25) is 9.59 Å². The fraction of sp³-hybridized carbons (Fsp3) is 0.200. The second-order valence-electron chi connectivity index (χ2n) is 6.01. The number of ether oxygens (including phenoxy) is 2. The van der Waals surface area contributed by atoms with Crippen LogP contribution < -0.4 is 20.3 Å². The first-order valence-corrected chi connectivity index (χ1v) is 9.20. The Kier molecular flexibility index (Phi) is 6.11. The summed E-state index contributed by atoms with van der Waals surface area (Å²) in [7, 11) is 3.09. The lowest BCUT2D eigenvalue weighted by Gasteiger charge is -2.11. The van der Waals surface area contributed by atoms with Crippen LogP contribution in [0.3, 0.4) is 0 Å². The molecule has 146 valence electrons. The number of fused-ring (bicyclic) bond motifs is 1. The number of hydrogen-bond donors (Lipinski definition) is 2. The first-order chi connectivity index (χ1) is 13.4. The zero-order valence-electron chi connectivity index (χ0n) is 15.3. The number of carbonyl (C=O) groups is 1. The molecule has 8 heteroatoms. The van der Waals surface area contributed by atoms with Gasteiger partial charge in [-0.05, 0) is 42.8 Å². The molecule has 0 radical (unpaired) electrons. The van der Waals surface area contributed by atoms with Crippen molar-refractivity contribution in [3.63, 3.8) is 0 Å². The van der Waals surface area contributed by atoms with Crippen LogP contribution in [0.5, 0.6) is 11.5 Å². The summed E-state index contributed by atoms with van der Waals surface area (Å²) in [5, 5.41) is 4.20. The number of aromatic nitrogens is 1. The molecule has 1 heterocycles. The highest BCUT2D eigenvalue weighted by molar-refractivity contribution is 6.35. The maximum atomic E-state index is 12.4. The quantitative estimate of drug-likeness (QED) is 0.634. The lowest BCUT2D eigenvalue weighted by atomic mass is 10.1. The van der Waals surface area contributed by atoms with Gasteiger partial charge in [-0.15, -0.1) is 0 Å². The molecule has 3 aromatic rings. The summed E-state index contributed by atoms with van der Waals surface area (Å²) in [6.07, 6.45) is 0.329. The number of H-pyrrole nitrogens is 1. The van der Waals surface area contributed by atoms with Crippen molar-refractivity contribution < 1.29 is 14.3 Å². The Bertz CT molecular complexity index is 1100. The number of methoxy groups -OCH3 is 2. The van der Waals surface area contributed by atoms with Gasteiger partial charge < -0.3 is 19.8 Å². The average Bonchev–Trinajstić information content (AvgIpc) is 2.69. The normalized spacial score (nSPS) is 10.7. The SMILES string of the molecule is COc1ccc(OC)c2[nH]c(=O)c(CCNC(=O)c3cc(Cl)ccc3Cl)cc12. The molecule has 0 atom stereocenters. The van der Waals surface area contributed by atoms with Gasteiger partial charge in [-0.1, -0.05) is 23.2 Å². The van der Waals surface area contributed by atoms with Gasteiger partial charge in [-0.2, -0.15) is 0 Å². The first kappa shape index (κ1) is 20.0. The van der Waals surface area contributed by atoms with E-state index in [4.69, 9.17) is 32.7 Å². The molecule has 1 aromatic heterocycles. The molecule has 28 heavy (non-hydrogen) atoms. The molecule has 0 spiro atoms. The zero-order valence-corrected chi connectivity index (χ0v) is 16.8. The van der Waals surface area contributed by atoms with Crippen LogP contribution >= 0.6 is 23.2 Å². The smallest absolute Gasteiger partial charge is 0.252 e. The maximum absolute atomic E-state index is 12.4. The van der Waals surface area contributed by atoms with E-state index in [1.807, 2.05) is 0 Å². The number of rotatable bonds is 6. The Morgan fingerprint density at radius 1 is 1.07 bits per heavy atom. The number of aromatic amines is 1. The number of halogens is 2. The third-order valence-corrected chi connectivity index (χ3v) is 4.87. The van der Waals surface area contributed by atoms with Crippen LogP contribution in [-0.2, 0) is 6.42 Å². The molecule has 2 aromatic carbocycles. The van der Waals surface area contributed by atoms with E-state index in [1.165, 1.54) is 13.2 Å². The fourth-order valence-corrected chi connectivity index (χ4v) is 3.27. The second kappa shape index (κ2) is 8.54. The van der Waals surface area contributed by atoms with Crippen LogP contribution in [0.25, 0.3) is 10.9 Å². The lowest BCUT2D eigenvalue weighted by Crippen LogP contribution is -2.27. The van der Waals surface area contributed by atoms with Crippen molar-refractivity contribution >= 4 is 40.0 Å². The number of pyridine rings is 1. The molecule has 0 aliphatic rings. The van der Waals surface area contributed by atoms with Crippen LogP contribution in [0.4, 0.5) is 0 Å². The van der Waals surface area contributed by atoms with Crippen LogP contribution in [0.2, 0.25) is 10.0 Å². The molecule has 0 saturated heterocycles. The largest absolute Gasteiger partial charge is 0.496 e. The van der Waals surface area contributed by atoms with Crippen LogP contribution in [0, 0.1) is 0 Å². The Labute approximate surface area is 171 Å². The van der Waals surface area contributed by atoms with E-state index in [0.29, 0.717) is 39.0 Å². The minimum absolute atomic E-state index is 0.253. The third kappa shape index (κ3) is 4.08. The Balaban J connectivity index is 1.81. The Morgan fingerprint density at radius 2 is 1.79 bits per heavy atom. The highest BCUT2D eigenvalue weighted by Crippen LogP contribution is 2.31. The van der Waals surface area contributed by atoms with E-state index in [2.05, 4.69) is 10.3 Å². The van der Waals surface area contributed by atoms with E-state index >= 15 is 0 Å². The molecule has 0 unspecified atom stereocenters. The van der Waals surface area contributed by atoms with E-state index < -0.39 is 0 Å². The van der Waals surface area contributed by atoms with E-state index in [9.17, 15) is 9.59 Å². The Hall–Kier alpha value is -2.70. The first-order valence-electron chi connectivity index (χ1n) is 8.44. The number of benzene rings is 2. The number of hydrogen-bond acceptors (Lipinski definition) is 4. The molecule has 0 bridgehead atoms.